The van der Waals surface area contributed by atoms with Gasteiger partial charge < -0.3 is 5.32 Å². The molecule has 1 heterocycles. The number of anilines is 1. The molecule has 22 heavy (non-hydrogen) atoms. The fraction of sp³-hybridized carbons (Fsp3) is 0.125. The molecule has 0 aliphatic carbocycles. The number of hydrogen-bond donors (Lipinski definition) is 1. The van der Waals surface area contributed by atoms with Crippen LogP contribution in [0.4, 0.5) is 18.9 Å². The highest BCUT2D eigenvalue weighted by atomic mass is 19.4. The topological polar surface area (TPSA) is 52.9 Å². The molecule has 1 aliphatic heterocycles. The number of nitriles is 1. The molecule has 2 aromatic rings. The van der Waals surface area contributed by atoms with Crippen LogP contribution in [-0.4, -0.2) is 5.91 Å². The van der Waals surface area contributed by atoms with Gasteiger partial charge in [0.1, 0.15) is 6.07 Å². The molecule has 0 spiro atoms. The second-order valence-corrected chi connectivity index (χ2v) is 4.93. The van der Waals surface area contributed by atoms with Crippen LogP contribution in [0.5, 0.6) is 0 Å². The number of fused-ring (bicyclic) bond motifs is 1. The maximum absolute atomic E-state index is 13.0. The van der Waals surface area contributed by atoms with Crippen molar-refractivity contribution in [2.75, 3.05) is 5.32 Å². The fourth-order valence-corrected chi connectivity index (χ4v) is 2.55. The van der Waals surface area contributed by atoms with Crippen molar-refractivity contribution in [3.05, 3.63) is 53.1 Å². The molecule has 0 atom stereocenters. The molecular weight excluding hydrogens is 293 g/mol. The zero-order valence-corrected chi connectivity index (χ0v) is 11.2. The molecule has 0 saturated heterocycles. The summed E-state index contributed by atoms with van der Waals surface area (Å²) in [5, 5.41) is 11.8. The Labute approximate surface area is 124 Å². The summed E-state index contributed by atoms with van der Waals surface area (Å²) < 4.78 is 39.0. The van der Waals surface area contributed by atoms with Crippen LogP contribution in [0.1, 0.15) is 16.7 Å². The first kappa shape index (κ1) is 14.1. The lowest BCUT2D eigenvalue weighted by atomic mass is 9.94. The molecule has 1 aliphatic rings. The molecule has 110 valence electrons. The van der Waals surface area contributed by atoms with E-state index in [1.165, 1.54) is 12.1 Å². The monoisotopic (exact) mass is 302 g/mol. The van der Waals surface area contributed by atoms with Crippen molar-refractivity contribution in [3.8, 4) is 17.2 Å². The number of carbonyl (C=O) groups excluding carboxylic acids is 1. The van der Waals surface area contributed by atoms with Gasteiger partial charge in [0.05, 0.1) is 17.5 Å². The van der Waals surface area contributed by atoms with Gasteiger partial charge in [-0.3, -0.25) is 4.79 Å². The molecule has 3 nitrogen and oxygen atoms in total. The zero-order valence-electron chi connectivity index (χ0n) is 11.2. The summed E-state index contributed by atoms with van der Waals surface area (Å²) in [4.78, 5) is 11.3. The van der Waals surface area contributed by atoms with Crippen LogP contribution in [-0.2, 0) is 17.4 Å². The molecular formula is C16H9F3N2O. The Kier molecular flexibility index (Phi) is 3.14. The second kappa shape index (κ2) is 4.88. The Morgan fingerprint density at radius 2 is 1.95 bits per heavy atom. The Bertz CT molecular complexity index is 819. The van der Waals surface area contributed by atoms with Crippen molar-refractivity contribution in [1.82, 2.24) is 0 Å². The number of benzene rings is 2. The van der Waals surface area contributed by atoms with E-state index < -0.39 is 17.3 Å². The van der Waals surface area contributed by atoms with E-state index in [0.717, 1.165) is 6.07 Å². The smallest absolute Gasteiger partial charge is 0.326 e. The van der Waals surface area contributed by atoms with E-state index in [1.54, 1.807) is 24.3 Å². The van der Waals surface area contributed by atoms with Crippen molar-refractivity contribution >= 4 is 11.6 Å². The van der Waals surface area contributed by atoms with Crippen molar-refractivity contribution in [2.24, 2.45) is 0 Å². The maximum Gasteiger partial charge on any atom is 0.417 e. The summed E-state index contributed by atoms with van der Waals surface area (Å²) >= 11 is 0. The third-order valence-electron chi connectivity index (χ3n) is 3.52. The minimum absolute atomic E-state index is 0.156. The average molecular weight is 302 g/mol. The number of carbonyl (C=O) groups is 1. The van der Waals surface area contributed by atoms with E-state index in [9.17, 15) is 18.0 Å². The van der Waals surface area contributed by atoms with Gasteiger partial charge in [-0.25, -0.2) is 0 Å². The van der Waals surface area contributed by atoms with Crippen molar-refractivity contribution < 1.29 is 18.0 Å². The summed E-state index contributed by atoms with van der Waals surface area (Å²) in [6, 6.07) is 10.2. The lowest BCUT2D eigenvalue weighted by Crippen LogP contribution is -2.08. The summed E-state index contributed by atoms with van der Waals surface area (Å²) in [6.45, 7) is 0. The average Bonchev–Trinajstić information content (AvgIpc) is 2.84. The summed E-state index contributed by atoms with van der Waals surface area (Å²) in [5.74, 6) is -0.156. The van der Waals surface area contributed by atoms with Gasteiger partial charge >= 0.3 is 6.18 Å². The minimum atomic E-state index is -4.59. The normalized spacial score (nSPS) is 13.5. The van der Waals surface area contributed by atoms with Crippen LogP contribution in [0, 0.1) is 11.3 Å². The third kappa shape index (κ3) is 2.31. The molecule has 1 amide bonds. The Balaban J connectivity index is 2.16. The highest BCUT2D eigenvalue weighted by Crippen LogP contribution is 2.37. The van der Waals surface area contributed by atoms with Crippen LogP contribution in [0.15, 0.2) is 36.4 Å². The largest absolute Gasteiger partial charge is 0.417 e. The van der Waals surface area contributed by atoms with Gasteiger partial charge in [0, 0.05) is 11.3 Å². The molecule has 0 fully saturated rings. The minimum Gasteiger partial charge on any atom is -0.326 e. The predicted octanol–water partition coefficient (Wildman–Crippen LogP) is 3.74. The van der Waals surface area contributed by atoms with Crippen LogP contribution in [0.25, 0.3) is 11.1 Å². The van der Waals surface area contributed by atoms with Gasteiger partial charge in [-0.05, 0) is 29.3 Å². The molecule has 2 aromatic carbocycles. The van der Waals surface area contributed by atoms with Gasteiger partial charge in [-0.15, -0.1) is 0 Å². The van der Waals surface area contributed by atoms with E-state index in [1.807, 2.05) is 0 Å². The van der Waals surface area contributed by atoms with Crippen molar-refractivity contribution in [1.29, 1.82) is 5.26 Å². The van der Waals surface area contributed by atoms with Crippen LogP contribution in [0.2, 0.25) is 0 Å². The van der Waals surface area contributed by atoms with Crippen molar-refractivity contribution in [2.45, 2.75) is 12.6 Å². The van der Waals surface area contributed by atoms with Gasteiger partial charge in [0.2, 0.25) is 5.91 Å². The summed E-state index contributed by atoms with van der Waals surface area (Å²) in [5.41, 5.74) is 0.690. The van der Waals surface area contributed by atoms with E-state index in [0.29, 0.717) is 16.8 Å². The summed E-state index contributed by atoms with van der Waals surface area (Å²) in [7, 11) is 0. The SMILES string of the molecule is N#Cc1c(-c2ccc3c(c2)CC(=O)N3)cccc1C(F)(F)F. The quantitative estimate of drug-likeness (QED) is 0.872. The maximum atomic E-state index is 13.0. The molecule has 6 heteroatoms. The first-order valence-electron chi connectivity index (χ1n) is 6.43. The number of nitrogens with one attached hydrogen (secondary N) is 1. The van der Waals surface area contributed by atoms with Gasteiger partial charge in [0.25, 0.3) is 0 Å². The molecule has 0 saturated carbocycles. The zero-order chi connectivity index (χ0) is 15.9. The molecule has 0 aromatic heterocycles. The molecule has 0 unspecified atom stereocenters. The number of hydrogen-bond acceptors (Lipinski definition) is 2. The molecule has 0 radical (unpaired) electrons. The molecule has 3 rings (SSSR count). The molecule has 0 bridgehead atoms. The fourth-order valence-electron chi connectivity index (χ4n) is 2.55. The number of rotatable bonds is 1. The predicted molar refractivity (Wildman–Crippen MR) is 73.9 cm³/mol. The van der Waals surface area contributed by atoms with Crippen LogP contribution in [0.3, 0.4) is 0 Å². The summed E-state index contributed by atoms with van der Waals surface area (Å²) in [6.07, 6.45) is -4.40. The third-order valence-corrected chi connectivity index (χ3v) is 3.52. The Hall–Kier alpha value is -2.81. The van der Waals surface area contributed by atoms with Gasteiger partial charge in [0.15, 0.2) is 0 Å². The number of nitrogens with zero attached hydrogens (tertiary/aromatic N) is 1. The Morgan fingerprint density at radius 3 is 2.64 bits per heavy atom. The number of amides is 1. The standard InChI is InChI=1S/C16H9F3N2O/c17-16(18,19)13-3-1-2-11(12(13)8-20)9-4-5-14-10(6-9)7-15(22)21-14/h1-6H,7H2,(H,21,22). The van der Waals surface area contributed by atoms with Gasteiger partial charge in [-0.1, -0.05) is 18.2 Å². The van der Waals surface area contributed by atoms with E-state index >= 15 is 0 Å². The lowest BCUT2D eigenvalue weighted by molar-refractivity contribution is -0.137. The lowest BCUT2D eigenvalue weighted by Gasteiger charge is -2.13. The van der Waals surface area contributed by atoms with Gasteiger partial charge in [-0.2, -0.15) is 18.4 Å². The second-order valence-electron chi connectivity index (χ2n) is 4.93. The first-order chi connectivity index (χ1) is 10.4. The van der Waals surface area contributed by atoms with Crippen LogP contribution < -0.4 is 5.32 Å². The Morgan fingerprint density at radius 1 is 1.18 bits per heavy atom. The highest BCUT2D eigenvalue weighted by Gasteiger charge is 2.34. The van der Waals surface area contributed by atoms with E-state index in [2.05, 4.69) is 5.32 Å². The highest BCUT2D eigenvalue weighted by molar-refractivity contribution is 5.99. The van der Waals surface area contributed by atoms with Crippen LogP contribution >= 0.6 is 0 Å². The molecule has 1 N–H and O–H groups in total. The number of halogens is 3. The number of alkyl halides is 3. The van der Waals surface area contributed by atoms with E-state index in [-0.39, 0.29) is 17.9 Å². The van der Waals surface area contributed by atoms with E-state index in [4.69, 9.17) is 5.26 Å². The first-order valence-corrected chi connectivity index (χ1v) is 6.43. The van der Waals surface area contributed by atoms with Crippen molar-refractivity contribution in [3.63, 3.8) is 0 Å².